The van der Waals surface area contributed by atoms with E-state index in [-0.39, 0.29) is 24.7 Å². The van der Waals surface area contributed by atoms with E-state index in [0.717, 1.165) is 30.8 Å². The number of carbonyl (C=O) groups is 2. The van der Waals surface area contributed by atoms with E-state index < -0.39 is 21.6 Å². The van der Waals surface area contributed by atoms with Gasteiger partial charge in [-0.2, -0.15) is 0 Å². The Labute approximate surface area is 176 Å². The highest BCUT2D eigenvalue weighted by Gasteiger charge is 2.47. The summed E-state index contributed by atoms with van der Waals surface area (Å²) in [5.74, 6) is 1.10. The zero-order valence-corrected chi connectivity index (χ0v) is 17.6. The monoisotopic (exact) mass is 433 g/mol. The van der Waals surface area contributed by atoms with Crippen molar-refractivity contribution < 1.29 is 22.7 Å². The van der Waals surface area contributed by atoms with Gasteiger partial charge in [0.1, 0.15) is 12.3 Å². The lowest BCUT2D eigenvalue weighted by Gasteiger charge is -2.19. The number of amides is 3. The van der Waals surface area contributed by atoms with Crippen LogP contribution >= 0.6 is 0 Å². The van der Waals surface area contributed by atoms with Crippen molar-refractivity contribution in [3.05, 3.63) is 42.0 Å². The summed E-state index contributed by atoms with van der Waals surface area (Å²) in [7, 11) is -3.46. The third-order valence-electron chi connectivity index (χ3n) is 5.58. The van der Waals surface area contributed by atoms with Crippen LogP contribution in [0.1, 0.15) is 37.7 Å². The fourth-order valence-corrected chi connectivity index (χ4v) is 4.94. The summed E-state index contributed by atoms with van der Waals surface area (Å²) >= 11 is 0. The second-order valence-electron chi connectivity index (χ2n) is 8.28. The van der Waals surface area contributed by atoms with Crippen LogP contribution in [0.15, 0.2) is 36.4 Å². The number of imide groups is 1. The quantitative estimate of drug-likeness (QED) is 0.410. The molecule has 0 bridgehead atoms. The first-order chi connectivity index (χ1) is 14.4. The molecule has 0 radical (unpaired) electrons. The van der Waals surface area contributed by atoms with Crippen molar-refractivity contribution in [3.8, 4) is 5.75 Å². The number of urea groups is 1. The van der Waals surface area contributed by atoms with Crippen molar-refractivity contribution in [2.24, 2.45) is 5.92 Å². The Bertz CT molecular complexity index is 951. The molecule has 9 heteroatoms. The SMILES string of the molecule is O=C1CN(C/C=C/CCS(=O)(=O)NC2(c3cccc(OCC4CC4)c3)CC2)C(=O)N1. The normalized spacial score (nSPS) is 20.6. The van der Waals surface area contributed by atoms with Gasteiger partial charge < -0.3 is 9.64 Å². The molecule has 8 nitrogen and oxygen atoms in total. The smallest absolute Gasteiger partial charge is 0.324 e. The van der Waals surface area contributed by atoms with Crippen molar-refractivity contribution >= 4 is 22.0 Å². The molecule has 4 rings (SSSR count). The second kappa shape index (κ2) is 8.39. The number of rotatable bonds is 11. The maximum Gasteiger partial charge on any atom is 0.324 e. The highest BCUT2D eigenvalue weighted by molar-refractivity contribution is 7.89. The standard InChI is InChI=1S/C21H27N3O5S/c25-19-14-24(20(26)22-19)11-2-1-3-12-30(27,28)23-21(9-10-21)17-5-4-6-18(13-17)29-15-16-7-8-16/h1-2,4-6,13,16,23H,3,7-12,14-15H2,(H,22,25,26)/b2-1+. The molecule has 2 aliphatic carbocycles. The van der Waals surface area contributed by atoms with Gasteiger partial charge in [-0.05, 0) is 55.7 Å². The van der Waals surface area contributed by atoms with Crippen LogP contribution in [0.3, 0.4) is 0 Å². The predicted molar refractivity (Wildman–Crippen MR) is 111 cm³/mol. The van der Waals surface area contributed by atoms with E-state index in [1.165, 1.54) is 17.7 Å². The summed E-state index contributed by atoms with van der Waals surface area (Å²) < 4.78 is 33.9. The summed E-state index contributed by atoms with van der Waals surface area (Å²) in [4.78, 5) is 24.0. The minimum absolute atomic E-state index is 0.0335. The molecule has 1 aromatic rings. The Morgan fingerprint density at radius 3 is 2.70 bits per heavy atom. The summed E-state index contributed by atoms with van der Waals surface area (Å²) in [6.45, 7) is 1.04. The second-order valence-corrected chi connectivity index (χ2v) is 10.1. The molecule has 1 saturated heterocycles. The molecule has 30 heavy (non-hydrogen) atoms. The van der Waals surface area contributed by atoms with Gasteiger partial charge in [0.05, 0.1) is 17.9 Å². The number of hydrogen-bond donors (Lipinski definition) is 2. The predicted octanol–water partition coefficient (Wildman–Crippen LogP) is 1.88. The lowest BCUT2D eigenvalue weighted by molar-refractivity contribution is -0.118. The van der Waals surface area contributed by atoms with Gasteiger partial charge >= 0.3 is 6.03 Å². The summed E-state index contributed by atoms with van der Waals surface area (Å²) in [6.07, 6.45) is 7.75. The molecule has 2 saturated carbocycles. The van der Waals surface area contributed by atoms with E-state index in [2.05, 4.69) is 10.0 Å². The Balaban J connectivity index is 1.27. The largest absolute Gasteiger partial charge is 0.493 e. The molecule has 3 aliphatic rings. The number of sulfonamides is 1. The van der Waals surface area contributed by atoms with Crippen molar-refractivity contribution in [1.29, 1.82) is 0 Å². The highest BCUT2D eigenvalue weighted by Crippen LogP contribution is 2.47. The van der Waals surface area contributed by atoms with Crippen LogP contribution in [0.4, 0.5) is 4.79 Å². The maximum atomic E-state index is 12.6. The van der Waals surface area contributed by atoms with E-state index in [9.17, 15) is 18.0 Å². The molecule has 0 unspecified atom stereocenters. The number of carbonyl (C=O) groups excluding carboxylic acids is 2. The molecule has 0 aromatic heterocycles. The van der Waals surface area contributed by atoms with Gasteiger partial charge in [0.25, 0.3) is 0 Å². The van der Waals surface area contributed by atoms with Crippen LogP contribution in [0.25, 0.3) is 0 Å². The molecule has 0 spiro atoms. The fraction of sp³-hybridized carbons (Fsp3) is 0.524. The zero-order valence-electron chi connectivity index (χ0n) is 16.8. The van der Waals surface area contributed by atoms with E-state index in [1.54, 1.807) is 12.2 Å². The molecule has 3 amide bonds. The Hall–Kier alpha value is -2.39. The molecule has 3 fully saturated rings. The number of benzene rings is 1. The van der Waals surface area contributed by atoms with Gasteiger partial charge in [0.15, 0.2) is 0 Å². The summed E-state index contributed by atoms with van der Waals surface area (Å²) in [6, 6.07) is 7.30. The first-order valence-electron chi connectivity index (χ1n) is 10.3. The van der Waals surface area contributed by atoms with Gasteiger partial charge in [0, 0.05) is 6.54 Å². The Morgan fingerprint density at radius 2 is 2.03 bits per heavy atom. The number of nitrogens with one attached hydrogen (secondary N) is 2. The lowest BCUT2D eigenvalue weighted by atomic mass is 10.1. The van der Waals surface area contributed by atoms with Crippen LogP contribution in [0.2, 0.25) is 0 Å². The van der Waals surface area contributed by atoms with Gasteiger partial charge in [-0.25, -0.2) is 17.9 Å². The average Bonchev–Trinajstić information content (AvgIpc) is 3.61. The average molecular weight is 434 g/mol. The van der Waals surface area contributed by atoms with Crippen molar-refractivity contribution in [1.82, 2.24) is 14.9 Å². The molecule has 1 aromatic carbocycles. The van der Waals surface area contributed by atoms with Crippen LogP contribution in [-0.4, -0.2) is 50.7 Å². The third kappa shape index (κ3) is 5.40. The first kappa shape index (κ1) is 20.9. The number of allylic oxidation sites excluding steroid dienone is 1. The van der Waals surface area contributed by atoms with E-state index in [4.69, 9.17) is 4.74 Å². The number of hydrogen-bond acceptors (Lipinski definition) is 5. The van der Waals surface area contributed by atoms with E-state index in [0.29, 0.717) is 12.3 Å². The van der Waals surface area contributed by atoms with Crippen LogP contribution in [-0.2, 0) is 20.4 Å². The topological polar surface area (TPSA) is 105 Å². The summed E-state index contributed by atoms with van der Waals surface area (Å²) in [5, 5.41) is 2.20. The molecule has 2 N–H and O–H groups in total. The molecule has 1 aliphatic heterocycles. The van der Waals surface area contributed by atoms with Gasteiger partial charge in [-0.3, -0.25) is 10.1 Å². The molecule has 162 valence electrons. The molecular formula is C21H27N3O5S. The number of ether oxygens (including phenoxy) is 1. The third-order valence-corrected chi connectivity index (χ3v) is 7.06. The Morgan fingerprint density at radius 1 is 1.23 bits per heavy atom. The molecule has 0 atom stereocenters. The zero-order chi connectivity index (χ0) is 21.2. The van der Waals surface area contributed by atoms with E-state index >= 15 is 0 Å². The lowest BCUT2D eigenvalue weighted by Crippen LogP contribution is -2.36. The fourth-order valence-electron chi connectivity index (χ4n) is 3.48. The molecule has 1 heterocycles. The maximum absolute atomic E-state index is 12.6. The van der Waals surface area contributed by atoms with Crippen molar-refractivity contribution in [3.63, 3.8) is 0 Å². The van der Waals surface area contributed by atoms with Crippen LogP contribution in [0, 0.1) is 5.92 Å². The first-order valence-corrected chi connectivity index (χ1v) is 12.0. The van der Waals surface area contributed by atoms with Gasteiger partial charge in [-0.15, -0.1) is 0 Å². The van der Waals surface area contributed by atoms with Crippen molar-refractivity contribution in [2.45, 2.75) is 37.6 Å². The van der Waals surface area contributed by atoms with Crippen LogP contribution < -0.4 is 14.8 Å². The van der Waals surface area contributed by atoms with E-state index in [1.807, 2.05) is 24.3 Å². The summed E-state index contributed by atoms with van der Waals surface area (Å²) in [5.41, 5.74) is 0.412. The number of nitrogens with zero attached hydrogens (tertiary/aromatic N) is 1. The van der Waals surface area contributed by atoms with Gasteiger partial charge in [0.2, 0.25) is 15.9 Å². The van der Waals surface area contributed by atoms with Crippen molar-refractivity contribution in [2.75, 3.05) is 25.4 Å². The Kier molecular flexibility index (Phi) is 5.84. The minimum Gasteiger partial charge on any atom is -0.493 e. The highest BCUT2D eigenvalue weighted by atomic mass is 32.2. The van der Waals surface area contributed by atoms with Gasteiger partial charge in [-0.1, -0.05) is 24.3 Å². The molecular weight excluding hydrogens is 406 g/mol. The minimum atomic E-state index is -3.46. The van der Waals surface area contributed by atoms with Crippen LogP contribution in [0.5, 0.6) is 5.75 Å².